The van der Waals surface area contributed by atoms with Crippen LogP contribution in [0.3, 0.4) is 0 Å². The van der Waals surface area contributed by atoms with Gasteiger partial charge in [-0.05, 0) is 44.0 Å². The van der Waals surface area contributed by atoms with E-state index in [1.165, 1.54) is 5.56 Å². The number of aryl methyl sites for hydroxylation is 2. The van der Waals surface area contributed by atoms with Gasteiger partial charge in [0.05, 0.1) is 0 Å². The van der Waals surface area contributed by atoms with Crippen molar-refractivity contribution in [2.45, 2.75) is 33.3 Å². The van der Waals surface area contributed by atoms with E-state index >= 15 is 0 Å². The molecule has 0 radical (unpaired) electrons. The lowest BCUT2D eigenvalue weighted by Crippen LogP contribution is -2.32. The fourth-order valence-electron chi connectivity index (χ4n) is 2.75. The van der Waals surface area contributed by atoms with Crippen LogP contribution >= 0.6 is 0 Å². The molecule has 2 aromatic carbocycles. The minimum atomic E-state index is -0.561. The van der Waals surface area contributed by atoms with Crippen LogP contribution in [0.4, 0.5) is 5.69 Å². The van der Waals surface area contributed by atoms with Crippen LogP contribution in [0.5, 0.6) is 17.2 Å². The fraction of sp³-hybridized carbons (Fsp3) is 0.350. The van der Waals surface area contributed by atoms with Crippen LogP contribution in [0, 0.1) is 13.8 Å². The minimum absolute atomic E-state index is 0.181. The molecule has 1 aliphatic rings. The molecule has 132 valence electrons. The SMILES string of the molecule is CC[C@@H](Oc1ccc(C)cc1C)C(=O)Nc1ccc2c(c1)OCCO2. The van der Waals surface area contributed by atoms with Crippen molar-refractivity contribution in [1.29, 1.82) is 0 Å². The summed E-state index contributed by atoms with van der Waals surface area (Å²) in [6.45, 7) is 6.99. The number of hydrogen-bond acceptors (Lipinski definition) is 4. The average molecular weight is 341 g/mol. The number of amides is 1. The molecule has 5 nitrogen and oxygen atoms in total. The molecule has 1 heterocycles. The first-order chi connectivity index (χ1) is 12.1. The topological polar surface area (TPSA) is 56.8 Å². The van der Waals surface area contributed by atoms with Crippen LogP contribution in [-0.4, -0.2) is 25.2 Å². The predicted molar refractivity (Wildman–Crippen MR) is 96.7 cm³/mol. The summed E-state index contributed by atoms with van der Waals surface area (Å²) in [6.07, 6.45) is 0.0126. The molecular formula is C20H23NO4. The van der Waals surface area contributed by atoms with Crippen LogP contribution < -0.4 is 19.5 Å². The van der Waals surface area contributed by atoms with Crippen molar-refractivity contribution in [2.75, 3.05) is 18.5 Å². The molecule has 0 saturated carbocycles. The van der Waals surface area contributed by atoms with Gasteiger partial charge in [-0.25, -0.2) is 0 Å². The maximum absolute atomic E-state index is 12.6. The summed E-state index contributed by atoms with van der Waals surface area (Å²) in [5.74, 6) is 1.89. The van der Waals surface area contributed by atoms with E-state index in [0.29, 0.717) is 36.8 Å². The van der Waals surface area contributed by atoms with E-state index in [4.69, 9.17) is 14.2 Å². The van der Waals surface area contributed by atoms with Gasteiger partial charge in [0.15, 0.2) is 17.6 Å². The molecule has 3 rings (SSSR count). The Morgan fingerprint density at radius 3 is 2.60 bits per heavy atom. The smallest absolute Gasteiger partial charge is 0.265 e. The molecule has 0 spiro atoms. The van der Waals surface area contributed by atoms with Gasteiger partial charge in [0.1, 0.15) is 19.0 Å². The summed E-state index contributed by atoms with van der Waals surface area (Å²) in [7, 11) is 0. The van der Waals surface area contributed by atoms with Gasteiger partial charge in [-0.15, -0.1) is 0 Å². The molecule has 0 aromatic heterocycles. The molecule has 1 N–H and O–H groups in total. The van der Waals surface area contributed by atoms with Gasteiger partial charge in [0.2, 0.25) is 0 Å². The largest absolute Gasteiger partial charge is 0.486 e. The maximum Gasteiger partial charge on any atom is 0.265 e. The Labute approximate surface area is 147 Å². The van der Waals surface area contributed by atoms with Gasteiger partial charge in [-0.1, -0.05) is 24.6 Å². The highest BCUT2D eigenvalue weighted by Crippen LogP contribution is 2.32. The number of benzene rings is 2. The molecule has 1 amide bonds. The highest BCUT2D eigenvalue weighted by atomic mass is 16.6. The molecule has 5 heteroatoms. The van der Waals surface area contributed by atoms with Crippen molar-refractivity contribution >= 4 is 11.6 Å². The second kappa shape index (κ2) is 7.47. The van der Waals surface area contributed by atoms with Crippen LogP contribution in [-0.2, 0) is 4.79 Å². The van der Waals surface area contributed by atoms with E-state index < -0.39 is 6.10 Å². The van der Waals surface area contributed by atoms with Crippen molar-refractivity contribution in [3.63, 3.8) is 0 Å². The van der Waals surface area contributed by atoms with Gasteiger partial charge in [-0.3, -0.25) is 4.79 Å². The quantitative estimate of drug-likeness (QED) is 0.897. The Morgan fingerprint density at radius 1 is 1.12 bits per heavy atom. The first kappa shape index (κ1) is 17.1. The third kappa shape index (κ3) is 4.05. The third-order valence-electron chi connectivity index (χ3n) is 4.07. The average Bonchev–Trinajstić information content (AvgIpc) is 2.61. The molecular weight excluding hydrogens is 318 g/mol. The number of anilines is 1. The summed E-state index contributed by atoms with van der Waals surface area (Å²) < 4.78 is 17.0. The molecule has 0 bridgehead atoms. The van der Waals surface area contributed by atoms with E-state index in [1.54, 1.807) is 18.2 Å². The number of hydrogen-bond donors (Lipinski definition) is 1. The van der Waals surface area contributed by atoms with E-state index in [0.717, 1.165) is 11.3 Å². The number of ether oxygens (including phenoxy) is 3. The van der Waals surface area contributed by atoms with E-state index in [-0.39, 0.29) is 5.91 Å². The standard InChI is InChI=1S/C20H23NO4/c1-4-16(25-17-7-5-13(2)11-14(17)3)20(22)21-15-6-8-18-19(12-15)24-10-9-23-18/h5-8,11-12,16H,4,9-10H2,1-3H3,(H,21,22)/t16-/m1/s1. The minimum Gasteiger partial charge on any atom is -0.486 e. The highest BCUT2D eigenvalue weighted by Gasteiger charge is 2.20. The summed E-state index contributed by atoms with van der Waals surface area (Å²) in [6, 6.07) is 11.3. The summed E-state index contributed by atoms with van der Waals surface area (Å²) in [5, 5.41) is 2.89. The van der Waals surface area contributed by atoms with Crippen LogP contribution in [0.25, 0.3) is 0 Å². The third-order valence-corrected chi connectivity index (χ3v) is 4.07. The Bertz CT molecular complexity index is 772. The number of rotatable bonds is 5. The van der Waals surface area contributed by atoms with Crippen molar-refractivity contribution in [3.05, 3.63) is 47.5 Å². The molecule has 1 aliphatic heterocycles. The summed E-state index contributed by atoms with van der Waals surface area (Å²) >= 11 is 0. The van der Waals surface area contributed by atoms with E-state index in [2.05, 4.69) is 5.32 Å². The maximum atomic E-state index is 12.6. The van der Waals surface area contributed by atoms with Crippen LogP contribution in [0.2, 0.25) is 0 Å². The molecule has 25 heavy (non-hydrogen) atoms. The summed E-state index contributed by atoms with van der Waals surface area (Å²) in [5.41, 5.74) is 2.85. The zero-order valence-corrected chi connectivity index (χ0v) is 14.8. The van der Waals surface area contributed by atoms with E-state index in [9.17, 15) is 4.79 Å². The molecule has 0 aliphatic carbocycles. The van der Waals surface area contributed by atoms with Crippen molar-refractivity contribution in [3.8, 4) is 17.2 Å². The Hall–Kier alpha value is -2.69. The molecule has 0 saturated heterocycles. The van der Waals surface area contributed by atoms with Crippen molar-refractivity contribution < 1.29 is 19.0 Å². The zero-order valence-electron chi connectivity index (χ0n) is 14.8. The van der Waals surface area contributed by atoms with Gasteiger partial charge in [-0.2, -0.15) is 0 Å². The monoisotopic (exact) mass is 341 g/mol. The lowest BCUT2D eigenvalue weighted by atomic mass is 10.1. The predicted octanol–water partition coefficient (Wildman–Crippen LogP) is 3.87. The highest BCUT2D eigenvalue weighted by molar-refractivity contribution is 5.94. The van der Waals surface area contributed by atoms with E-state index in [1.807, 2.05) is 39.0 Å². The van der Waals surface area contributed by atoms with Gasteiger partial charge < -0.3 is 19.5 Å². The number of fused-ring (bicyclic) bond motifs is 1. The Kier molecular flexibility index (Phi) is 5.12. The number of nitrogens with one attached hydrogen (secondary N) is 1. The van der Waals surface area contributed by atoms with Crippen LogP contribution in [0.15, 0.2) is 36.4 Å². The lowest BCUT2D eigenvalue weighted by Gasteiger charge is -2.21. The molecule has 1 atom stereocenters. The Balaban J connectivity index is 1.70. The second-order valence-corrected chi connectivity index (χ2v) is 6.13. The number of carbonyl (C=O) groups excluding carboxylic acids is 1. The lowest BCUT2D eigenvalue weighted by molar-refractivity contribution is -0.122. The first-order valence-electron chi connectivity index (χ1n) is 8.51. The van der Waals surface area contributed by atoms with Crippen molar-refractivity contribution in [1.82, 2.24) is 0 Å². The van der Waals surface area contributed by atoms with Gasteiger partial charge in [0.25, 0.3) is 5.91 Å². The zero-order chi connectivity index (χ0) is 17.8. The molecule has 0 fully saturated rings. The number of carbonyl (C=O) groups is 1. The second-order valence-electron chi connectivity index (χ2n) is 6.13. The molecule has 2 aromatic rings. The van der Waals surface area contributed by atoms with Crippen molar-refractivity contribution in [2.24, 2.45) is 0 Å². The molecule has 0 unspecified atom stereocenters. The fourth-order valence-corrected chi connectivity index (χ4v) is 2.75. The van der Waals surface area contributed by atoms with Gasteiger partial charge >= 0.3 is 0 Å². The van der Waals surface area contributed by atoms with Crippen LogP contribution in [0.1, 0.15) is 24.5 Å². The normalized spacial score (nSPS) is 13.9. The first-order valence-corrected chi connectivity index (χ1v) is 8.51. The Morgan fingerprint density at radius 2 is 1.88 bits per heavy atom. The van der Waals surface area contributed by atoms with Gasteiger partial charge in [0, 0.05) is 11.8 Å². The summed E-state index contributed by atoms with van der Waals surface area (Å²) in [4.78, 5) is 12.6.